The maximum atomic E-state index is 13.2. The molecule has 0 spiro atoms. The zero-order valence-corrected chi connectivity index (χ0v) is 22.1. The number of sulfone groups is 1. The number of thiazole rings is 1. The van der Waals surface area contributed by atoms with E-state index in [2.05, 4.69) is 29.8 Å². The lowest BCUT2D eigenvalue weighted by Crippen LogP contribution is -2.38. The van der Waals surface area contributed by atoms with Crippen molar-refractivity contribution in [1.29, 1.82) is 0 Å². The number of carbonyl (C=O) groups excluding carboxylic acids is 1. The molecule has 1 heterocycles. The van der Waals surface area contributed by atoms with Gasteiger partial charge in [0.1, 0.15) is 5.82 Å². The summed E-state index contributed by atoms with van der Waals surface area (Å²) in [5.74, 6) is -0.806. The van der Waals surface area contributed by atoms with E-state index in [9.17, 15) is 17.6 Å². The third kappa shape index (κ3) is 7.21. The van der Waals surface area contributed by atoms with E-state index in [1.807, 2.05) is 19.1 Å². The molecule has 2 aromatic carbocycles. The Morgan fingerprint density at radius 1 is 1.06 bits per heavy atom. The number of halogens is 2. The van der Waals surface area contributed by atoms with Crippen LogP contribution in [0.5, 0.6) is 0 Å². The molecule has 0 bridgehead atoms. The summed E-state index contributed by atoms with van der Waals surface area (Å²) in [6, 6.07) is 10.8. The van der Waals surface area contributed by atoms with Gasteiger partial charge in [-0.15, -0.1) is 12.4 Å². The molecule has 34 heavy (non-hydrogen) atoms. The highest BCUT2D eigenvalue weighted by Gasteiger charge is 2.22. The number of aromatic nitrogens is 1. The van der Waals surface area contributed by atoms with Crippen LogP contribution in [-0.4, -0.2) is 56.1 Å². The zero-order chi connectivity index (χ0) is 24.0. The quantitative estimate of drug-likeness (QED) is 0.325. The summed E-state index contributed by atoms with van der Waals surface area (Å²) < 4.78 is 39.2. The van der Waals surface area contributed by atoms with Gasteiger partial charge in [0, 0.05) is 19.5 Å². The third-order valence-corrected chi connectivity index (χ3v) is 8.43. The maximum absolute atomic E-state index is 13.2. The SMILES string of the molecule is CCN(CC)CCN(C(=O)CCCS(=O)(=O)c1ccc(F)cc1)c1nc2ccc(C)cc2s1.Cl. The second-order valence-corrected chi connectivity index (χ2v) is 11.0. The number of benzene rings is 2. The Morgan fingerprint density at radius 2 is 1.74 bits per heavy atom. The Labute approximate surface area is 211 Å². The molecule has 186 valence electrons. The first kappa shape index (κ1) is 28.2. The van der Waals surface area contributed by atoms with Crippen molar-refractivity contribution in [3.8, 4) is 0 Å². The van der Waals surface area contributed by atoms with Crippen LogP contribution in [0.4, 0.5) is 9.52 Å². The van der Waals surface area contributed by atoms with E-state index >= 15 is 0 Å². The molecular weight excluding hydrogens is 497 g/mol. The predicted octanol–water partition coefficient (Wildman–Crippen LogP) is 5.09. The first-order valence-electron chi connectivity index (χ1n) is 11.1. The van der Waals surface area contributed by atoms with Crippen molar-refractivity contribution in [2.24, 2.45) is 0 Å². The summed E-state index contributed by atoms with van der Waals surface area (Å²) >= 11 is 1.47. The first-order valence-corrected chi connectivity index (χ1v) is 13.6. The van der Waals surface area contributed by atoms with E-state index in [1.165, 1.54) is 23.5 Å². The molecule has 1 amide bonds. The highest BCUT2D eigenvalue weighted by atomic mass is 35.5. The standard InChI is InChI=1S/C24H30FN3O3S2.ClH/c1-4-27(5-2)14-15-28(24-26-21-13-8-18(3)17-22(21)32-24)23(29)7-6-16-33(30,31)20-11-9-19(25)10-12-20;/h8-13,17H,4-7,14-16H2,1-3H3;1H. The number of hydrogen-bond donors (Lipinski definition) is 0. The average Bonchev–Trinajstić information content (AvgIpc) is 3.19. The molecule has 0 fully saturated rings. The molecule has 3 rings (SSSR count). The summed E-state index contributed by atoms with van der Waals surface area (Å²) in [4.78, 5) is 21.8. The van der Waals surface area contributed by atoms with Gasteiger partial charge in [-0.3, -0.25) is 9.69 Å². The number of rotatable bonds is 11. The fraction of sp³-hybridized carbons (Fsp3) is 0.417. The van der Waals surface area contributed by atoms with Crippen molar-refractivity contribution in [3.05, 3.63) is 53.8 Å². The van der Waals surface area contributed by atoms with Crippen LogP contribution in [0.2, 0.25) is 0 Å². The molecule has 0 atom stereocenters. The fourth-order valence-electron chi connectivity index (χ4n) is 3.55. The van der Waals surface area contributed by atoms with E-state index in [0.717, 1.165) is 41.0 Å². The molecule has 3 aromatic rings. The predicted molar refractivity (Wildman–Crippen MR) is 139 cm³/mol. The van der Waals surface area contributed by atoms with Crippen LogP contribution in [0, 0.1) is 12.7 Å². The maximum Gasteiger partial charge on any atom is 0.228 e. The minimum Gasteiger partial charge on any atom is -0.302 e. The van der Waals surface area contributed by atoms with Crippen molar-refractivity contribution in [2.45, 2.75) is 38.5 Å². The number of likely N-dealkylation sites (N-methyl/N-ethyl adjacent to an activating group) is 1. The first-order chi connectivity index (χ1) is 15.7. The lowest BCUT2D eigenvalue weighted by atomic mass is 10.2. The van der Waals surface area contributed by atoms with Crippen LogP contribution in [0.3, 0.4) is 0 Å². The van der Waals surface area contributed by atoms with Gasteiger partial charge in [-0.2, -0.15) is 0 Å². The molecule has 0 aliphatic carbocycles. The number of anilines is 1. The van der Waals surface area contributed by atoms with Gasteiger partial charge in [0.15, 0.2) is 15.0 Å². The Morgan fingerprint density at radius 3 is 2.38 bits per heavy atom. The summed E-state index contributed by atoms with van der Waals surface area (Å²) in [6.45, 7) is 9.14. The molecule has 0 saturated carbocycles. The van der Waals surface area contributed by atoms with Gasteiger partial charge < -0.3 is 4.90 Å². The van der Waals surface area contributed by atoms with Gasteiger partial charge in [-0.1, -0.05) is 31.3 Å². The van der Waals surface area contributed by atoms with Gasteiger partial charge in [0.05, 0.1) is 20.9 Å². The zero-order valence-electron chi connectivity index (χ0n) is 19.7. The van der Waals surface area contributed by atoms with Crippen molar-refractivity contribution >= 4 is 54.8 Å². The molecule has 10 heteroatoms. The van der Waals surface area contributed by atoms with E-state index in [-0.39, 0.29) is 41.8 Å². The minimum atomic E-state index is -3.58. The second kappa shape index (κ2) is 12.6. The van der Waals surface area contributed by atoms with Crippen LogP contribution in [0.15, 0.2) is 47.4 Å². The van der Waals surface area contributed by atoms with Gasteiger partial charge >= 0.3 is 0 Å². The van der Waals surface area contributed by atoms with Crippen LogP contribution >= 0.6 is 23.7 Å². The van der Waals surface area contributed by atoms with E-state index < -0.39 is 15.7 Å². The van der Waals surface area contributed by atoms with Crippen LogP contribution < -0.4 is 4.90 Å². The van der Waals surface area contributed by atoms with Crippen molar-refractivity contribution in [1.82, 2.24) is 9.88 Å². The number of carbonyl (C=O) groups is 1. The molecular formula is C24H31ClFN3O3S2. The average molecular weight is 528 g/mol. The molecule has 0 N–H and O–H groups in total. The number of hydrogen-bond acceptors (Lipinski definition) is 6. The smallest absolute Gasteiger partial charge is 0.228 e. The lowest BCUT2D eigenvalue weighted by Gasteiger charge is -2.24. The second-order valence-electron chi connectivity index (χ2n) is 7.92. The van der Waals surface area contributed by atoms with Gasteiger partial charge in [0.25, 0.3) is 0 Å². The highest BCUT2D eigenvalue weighted by Crippen LogP contribution is 2.30. The Balaban J connectivity index is 0.00000408. The van der Waals surface area contributed by atoms with Gasteiger partial charge in [-0.25, -0.2) is 17.8 Å². The van der Waals surface area contributed by atoms with E-state index in [1.54, 1.807) is 4.90 Å². The van der Waals surface area contributed by atoms with Crippen LogP contribution in [0.25, 0.3) is 10.2 Å². The molecule has 0 unspecified atom stereocenters. The Hall–Kier alpha value is -2.07. The normalized spacial score (nSPS) is 11.6. The number of fused-ring (bicyclic) bond motifs is 1. The molecule has 1 aromatic heterocycles. The lowest BCUT2D eigenvalue weighted by molar-refractivity contribution is -0.118. The number of aryl methyl sites for hydroxylation is 1. The van der Waals surface area contributed by atoms with E-state index in [0.29, 0.717) is 18.2 Å². The van der Waals surface area contributed by atoms with Crippen molar-refractivity contribution in [2.75, 3.05) is 36.8 Å². The number of amides is 1. The van der Waals surface area contributed by atoms with E-state index in [4.69, 9.17) is 0 Å². The molecule has 0 radical (unpaired) electrons. The molecule has 0 aliphatic heterocycles. The summed E-state index contributed by atoms with van der Waals surface area (Å²) in [5.41, 5.74) is 1.98. The topological polar surface area (TPSA) is 70.6 Å². The summed E-state index contributed by atoms with van der Waals surface area (Å²) in [7, 11) is -3.58. The largest absolute Gasteiger partial charge is 0.302 e. The monoisotopic (exact) mass is 527 g/mol. The molecule has 0 saturated heterocycles. The molecule has 6 nitrogen and oxygen atoms in total. The fourth-order valence-corrected chi connectivity index (χ4v) is 5.97. The Kier molecular flexibility index (Phi) is 10.4. The minimum absolute atomic E-state index is 0. The van der Waals surface area contributed by atoms with Crippen LogP contribution in [0.1, 0.15) is 32.3 Å². The third-order valence-electron chi connectivity index (χ3n) is 5.58. The summed E-state index contributed by atoms with van der Waals surface area (Å²) in [5, 5.41) is 0.633. The van der Waals surface area contributed by atoms with Gasteiger partial charge in [-0.05, 0) is 68.4 Å². The van der Waals surface area contributed by atoms with Crippen LogP contribution in [-0.2, 0) is 14.6 Å². The van der Waals surface area contributed by atoms with Crippen molar-refractivity contribution < 1.29 is 17.6 Å². The highest BCUT2D eigenvalue weighted by molar-refractivity contribution is 7.91. The summed E-state index contributed by atoms with van der Waals surface area (Å²) in [6.07, 6.45) is 0.276. The van der Waals surface area contributed by atoms with Crippen molar-refractivity contribution in [3.63, 3.8) is 0 Å². The Bertz CT molecular complexity index is 1200. The van der Waals surface area contributed by atoms with Gasteiger partial charge in [0.2, 0.25) is 5.91 Å². The number of nitrogens with zero attached hydrogens (tertiary/aromatic N) is 3. The molecule has 0 aliphatic rings.